The van der Waals surface area contributed by atoms with Crippen molar-refractivity contribution in [3.63, 3.8) is 0 Å². The molecule has 3 atom stereocenters. The molecule has 2 aromatic carbocycles. The highest BCUT2D eigenvalue weighted by atomic mass is 35.5. The first-order valence-electron chi connectivity index (χ1n) is 11.2. The van der Waals surface area contributed by atoms with Crippen LogP contribution in [0.3, 0.4) is 0 Å². The normalized spacial score (nSPS) is 24.5. The highest BCUT2D eigenvalue weighted by molar-refractivity contribution is 6.36. The van der Waals surface area contributed by atoms with Crippen LogP contribution in [-0.4, -0.2) is 41.4 Å². The first-order chi connectivity index (χ1) is 16.6. The number of nitrogens with one attached hydrogen (secondary N) is 1. The van der Waals surface area contributed by atoms with Crippen LogP contribution in [0.4, 0.5) is 5.69 Å². The van der Waals surface area contributed by atoms with Crippen LogP contribution in [0.1, 0.15) is 54.6 Å². The average molecular weight is 514 g/mol. The number of hydrogen-bond acceptors (Lipinski definition) is 6. The molecule has 0 spiro atoms. The van der Waals surface area contributed by atoms with Gasteiger partial charge >= 0.3 is 0 Å². The summed E-state index contributed by atoms with van der Waals surface area (Å²) >= 11 is 12.9. The lowest BCUT2D eigenvalue weighted by Gasteiger charge is -2.41. The number of nitrogens with zero attached hydrogens (tertiary/aromatic N) is 3. The first kappa shape index (κ1) is 25.0. The standard InChI is InChI=1S/C25H25Cl2N5O3/c1-14-10-16(8-9-35-14)32-21(33)12-25(2,31-24(32)29)18-4-3-5-20(22(18)27)30-23(34)17-11-15(13-28)6-7-19(17)26/h3-7,11,14,16H,8-10,12H2,1-2H3,(H2,29,31)(H,30,34)/t14-,16-,25+/m1/s1. The monoisotopic (exact) mass is 513 g/mol. The van der Waals surface area contributed by atoms with Crippen LogP contribution in [0.5, 0.6) is 0 Å². The van der Waals surface area contributed by atoms with Gasteiger partial charge in [0.1, 0.15) is 0 Å². The smallest absolute Gasteiger partial charge is 0.257 e. The van der Waals surface area contributed by atoms with E-state index >= 15 is 0 Å². The van der Waals surface area contributed by atoms with Gasteiger partial charge in [-0.15, -0.1) is 0 Å². The van der Waals surface area contributed by atoms with Gasteiger partial charge in [0.2, 0.25) is 5.91 Å². The largest absolute Gasteiger partial charge is 0.378 e. The molecule has 1 fully saturated rings. The van der Waals surface area contributed by atoms with Crippen molar-refractivity contribution in [3.05, 3.63) is 63.1 Å². The molecule has 0 saturated carbocycles. The molecule has 0 radical (unpaired) electrons. The van der Waals surface area contributed by atoms with Crippen molar-refractivity contribution in [2.45, 2.75) is 50.8 Å². The molecule has 4 rings (SSSR count). The van der Waals surface area contributed by atoms with Crippen LogP contribution in [-0.2, 0) is 15.1 Å². The predicted molar refractivity (Wildman–Crippen MR) is 134 cm³/mol. The quantitative estimate of drug-likeness (QED) is 0.625. The molecule has 0 aliphatic carbocycles. The van der Waals surface area contributed by atoms with E-state index in [9.17, 15) is 9.59 Å². The van der Waals surface area contributed by atoms with Crippen LogP contribution in [0, 0.1) is 11.3 Å². The zero-order valence-electron chi connectivity index (χ0n) is 19.3. The van der Waals surface area contributed by atoms with Crippen molar-refractivity contribution in [2.75, 3.05) is 11.9 Å². The number of aliphatic imine (C=N–C) groups is 1. The minimum Gasteiger partial charge on any atom is -0.378 e. The van der Waals surface area contributed by atoms with E-state index in [0.717, 1.165) is 0 Å². The molecule has 35 heavy (non-hydrogen) atoms. The number of nitriles is 1. The maximum atomic E-state index is 13.2. The summed E-state index contributed by atoms with van der Waals surface area (Å²) in [5.74, 6) is -0.503. The van der Waals surface area contributed by atoms with Gasteiger partial charge in [-0.3, -0.25) is 14.5 Å². The molecular weight excluding hydrogens is 489 g/mol. The summed E-state index contributed by atoms with van der Waals surface area (Å²) in [6.07, 6.45) is 1.50. The maximum absolute atomic E-state index is 13.2. The number of halogens is 2. The van der Waals surface area contributed by atoms with E-state index in [1.807, 2.05) is 13.0 Å². The van der Waals surface area contributed by atoms with E-state index in [2.05, 4.69) is 5.32 Å². The highest BCUT2D eigenvalue weighted by Crippen LogP contribution is 2.41. The molecule has 1 saturated heterocycles. The fraction of sp³-hybridized carbons (Fsp3) is 0.360. The Morgan fingerprint density at radius 3 is 2.80 bits per heavy atom. The fourth-order valence-corrected chi connectivity index (χ4v) is 5.19. The van der Waals surface area contributed by atoms with E-state index in [1.165, 1.54) is 18.2 Å². The van der Waals surface area contributed by atoms with Gasteiger partial charge in [0.05, 0.1) is 51.0 Å². The summed E-state index contributed by atoms with van der Waals surface area (Å²) in [6, 6.07) is 11.5. The molecule has 182 valence electrons. The lowest BCUT2D eigenvalue weighted by Crippen LogP contribution is -2.56. The second kappa shape index (κ2) is 9.86. The molecule has 0 bridgehead atoms. The first-order valence-corrected chi connectivity index (χ1v) is 12.0. The van der Waals surface area contributed by atoms with E-state index < -0.39 is 11.4 Å². The molecule has 0 aromatic heterocycles. The predicted octanol–water partition coefficient (Wildman–Crippen LogP) is 4.45. The topological polar surface area (TPSA) is 121 Å². The molecule has 2 aromatic rings. The Morgan fingerprint density at radius 2 is 2.11 bits per heavy atom. The van der Waals surface area contributed by atoms with Crippen LogP contribution in [0.2, 0.25) is 10.0 Å². The number of carbonyl (C=O) groups excluding carboxylic acids is 2. The Labute approximate surface area is 213 Å². The minimum atomic E-state index is -1.01. The zero-order chi connectivity index (χ0) is 25.3. The number of guanidine groups is 1. The number of nitrogens with two attached hydrogens (primary N) is 1. The summed E-state index contributed by atoms with van der Waals surface area (Å²) < 4.78 is 5.60. The number of anilines is 1. The fourth-order valence-electron chi connectivity index (χ4n) is 4.61. The third-order valence-electron chi connectivity index (χ3n) is 6.36. The van der Waals surface area contributed by atoms with Crippen molar-refractivity contribution in [1.82, 2.24) is 4.90 Å². The average Bonchev–Trinajstić information content (AvgIpc) is 2.80. The Kier molecular flexibility index (Phi) is 7.04. The van der Waals surface area contributed by atoms with Gasteiger partial charge in [0.15, 0.2) is 5.96 Å². The summed E-state index contributed by atoms with van der Waals surface area (Å²) in [7, 11) is 0. The van der Waals surface area contributed by atoms with Crippen LogP contribution >= 0.6 is 23.2 Å². The number of carbonyl (C=O) groups is 2. The lowest BCUT2D eigenvalue weighted by atomic mass is 9.86. The van der Waals surface area contributed by atoms with Crippen molar-refractivity contribution in [1.29, 1.82) is 5.26 Å². The highest BCUT2D eigenvalue weighted by Gasteiger charge is 2.42. The Balaban J connectivity index is 1.62. The van der Waals surface area contributed by atoms with Crippen LogP contribution < -0.4 is 11.1 Å². The van der Waals surface area contributed by atoms with Crippen molar-refractivity contribution in [3.8, 4) is 6.07 Å². The van der Waals surface area contributed by atoms with Crippen LogP contribution in [0.15, 0.2) is 41.4 Å². The van der Waals surface area contributed by atoms with Gasteiger partial charge in [-0.05, 0) is 51.0 Å². The molecule has 2 heterocycles. The zero-order valence-corrected chi connectivity index (χ0v) is 20.9. The number of rotatable bonds is 4. The summed E-state index contributed by atoms with van der Waals surface area (Å²) in [5.41, 5.74) is 6.64. The molecule has 2 amide bonds. The van der Waals surface area contributed by atoms with Gasteiger partial charge < -0.3 is 15.8 Å². The van der Waals surface area contributed by atoms with Crippen molar-refractivity contribution >= 4 is 46.7 Å². The maximum Gasteiger partial charge on any atom is 0.257 e. The van der Waals surface area contributed by atoms with E-state index in [0.29, 0.717) is 36.3 Å². The van der Waals surface area contributed by atoms with E-state index in [1.54, 1.807) is 30.0 Å². The molecule has 2 aliphatic rings. The molecular formula is C25H25Cl2N5O3. The Bertz CT molecular complexity index is 1260. The molecule has 3 N–H and O–H groups in total. The third-order valence-corrected chi connectivity index (χ3v) is 7.10. The van der Waals surface area contributed by atoms with Crippen molar-refractivity contribution in [2.24, 2.45) is 10.7 Å². The number of amides is 2. The number of benzene rings is 2. The van der Waals surface area contributed by atoms with Crippen LogP contribution in [0.25, 0.3) is 0 Å². The summed E-state index contributed by atoms with van der Waals surface area (Å²) in [6.45, 7) is 4.33. The third kappa shape index (κ3) is 4.98. The second-order valence-corrected chi connectivity index (χ2v) is 9.76. The summed E-state index contributed by atoms with van der Waals surface area (Å²) in [5, 5.41) is 12.3. The number of hydrogen-bond donors (Lipinski definition) is 2. The SMILES string of the molecule is C[C@@H]1C[C@H](N2C(=O)C[C@@](C)(c3cccc(NC(=O)c4cc(C#N)ccc4Cl)c3Cl)N=C2N)CCO1. The molecule has 10 heteroatoms. The second-order valence-electron chi connectivity index (χ2n) is 8.97. The van der Waals surface area contributed by atoms with Gasteiger partial charge in [-0.2, -0.15) is 5.26 Å². The minimum absolute atomic E-state index is 0.0414. The van der Waals surface area contributed by atoms with Gasteiger partial charge in [-0.25, -0.2) is 4.99 Å². The number of ether oxygens (including phenoxy) is 1. The Morgan fingerprint density at radius 1 is 1.34 bits per heavy atom. The van der Waals surface area contributed by atoms with E-state index in [4.69, 9.17) is 43.9 Å². The molecule has 0 unspecified atom stereocenters. The Hall–Kier alpha value is -3.12. The molecule has 2 aliphatic heterocycles. The molecule has 8 nitrogen and oxygen atoms in total. The van der Waals surface area contributed by atoms with Gasteiger partial charge in [0.25, 0.3) is 5.91 Å². The van der Waals surface area contributed by atoms with Gasteiger partial charge in [0, 0.05) is 18.2 Å². The van der Waals surface area contributed by atoms with Crippen molar-refractivity contribution < 1.29 is 14.3 Å². The van der Waals surface area contributed by atoms with Gasteiger partial charge in [-0.1, -0.05) is 35.3 Å². The lowest BCUT2D eigenvalue weighted by molar-refractivity contribution is -0.133. The summed E-state index contributed by atoms with van der Waals surface area (Å²) in [4.78, 5) is 32.4. The van der Waals surface area contributed by atoms with E-state index in [-0.39, 0.29) is 46.0 Å².